The average Bonchev–Trinajstić information content (AvgIpc) is 2.62. The largest absolute Gasteiger partial charge is 0.468 e. The van der Waals surface area contributed by atoms with E-state index in [0.717, 1.165) is 19.4 Å². The molecule has 3 nitrogen and oxygen atoms in total. The Morgan fingerprint density at radius 2 is 2.42 bits per heavy atom. The summed E-state index contributed by atoms with van der Waals surface area (Å²) < 4.78 is 4.75. The zero-order valence-corrected chi connectivity index (χ0v) is 7.95. The van der Waals surface area contributed by atoms with Crippen molar-refractivity contribution in [3.05, 3.63) is 0 Å². The monoisotopic (exact) mass is 191 g/mol. The molecule has 1 saturated heterocycles. The van der Waals surface area contributed by atoms with Crippen LogP contribution in [0.25, 0.3) is 0 Å². The molecule has 0 aromatic carbocycles. The second-order valence-corrected chi connectivity index (χ2v) is 3.56. The van der Waals surface area contributed by atoms with Crippen molar-refractivity contribution in [3.63, 3.8) is 0 Å². The van der Waals surface area contributed by atoms with Crippen LogP contribution in [0.1, 0.15) is 19.3 Å². The molecule has 0 unspecified atom stereocenters. The van der Waals surface area contributed by atoms with E-state index < -0.39 is 0 Å². The van der Waals surface area contributed by atoms with E-state index in [0.29, 0.717) is 5.92 Å². The molecule has 2 fully saturated rings. The van der Waals surface area contributed by atoms with E-state index in [-0.39, 0.29) is 23.9 Å². The molecule has 1 N–H and O–H groups in total. The minimum atomic E-state index is -0.292. The van der Waals surface area contributed by atoms with Gasteiger partial charge in [-0.25, -0.2) is 0 Å². The van der Waals surface area contributed by atoms with E-state index in [9.17, 15) is 4.79 Å². The third-order valence-electron chi connectivity index (χ3n) is 2.92. The highest BCUT2D eigenvalue weighted by Gasteiger charge is 2.50. The van der Waals surface area contributed by atoms with Gasteiger partial charge in [-0.3, -0.25) is 4.79 Å². The molecule has 1 aliphatic heterocycles. The molecule has 0 amide bonds. The lowest BCUT2D eigenvalue weighted by Crippen LogP contribution is -2.48. The first-order chi connectivity index (χ1) is 5.27. The quantitative estimate of drug-likeness (QED) is 0.621. The molecule has 0 aromatic heterocycles. The number of piperidine rings is 1. The molecule has 0 spiro atoms. The Balaban J connectivity index is 0.000000720. The summed E-state index contributed by atoms with van der Waals surface area (Å²) in [7, 11) is 1.46. The van der Waals surface area contributed by atoms with Crippen LogP contribution in [0.15, 0.2) is 0 Å². The number of carbonyl (C=O) groups excluding carboxylic acids is 1. The molecule has 1 heterocycles. The number of nitrogens with one attached hydrogen (secondary N) is 1. The standard InChI is InChI=1S/C8H13NO2.ClH/c1-11-7(10)8-3-2-6(4-8)5-9-8;/h6,9H,2-5H2,1H3;1H/t6-,8+;/m1./s1. The van der Waals surface area contributed by atoms with Crippen LogP contribution in [0.2, 0.25) is 0 Å². The topological polar surface area (TPSA) is 38.3 Å². The van der Waals surface area contributed by atoms with E-state index in [1.165, 1.54) is 13.5 Å². The number of carbonyl (C=O) groups is 1. The Morgan fingerprint density at radius 1 is 1.67 bits per heavy atom. The fourth-order valence-corrected chi connectivity index (χ4v) is 2.27. The molecule has 4 heteroatoms. The number of esters is 1. The van der Waals surface area contributed by atoms with Crippen molar-refractivity contribution in [3.8, 4) is 0 Å². The van der Waals surface area contributed by atoms with Gasteiger partial charge < -0.3 is 10.1 Å². The van der Waals surface area contributed by atoms with E-state index in [1.807, 2.05) is 0 Å². The van der Waals surface area contributed by atoms with Gasteiger partial charge in [0.1, 0.15) is 5.54 Å². The molecule has 1 aliphatic carbocycles. The van der Waals surface area contributed by atoms with Crippen molar-refractivity contribution in [1.29, 1.82) is 0 Å². The summed E-state index contributed by atoms with van der Waals surface area (Å²) in [5.74, 6) is 0.645. The van der Waals surface area contributed by atoms with Crippen LogP contribution in [0.3, 0.4) is 0 Å². The summed E-state index contributed by atoms with van der Waals surface area (Å²) >= 11 is 0. The Kier molecular flexibility index (Phi) is 2.64. The SMILES string of the molecule is COC(=O)[C@@]12CC[C@@H](CN1)C2.Cl. The Hall–Kier alpha value is -0.280. The summed E-state index contributed by atoms with van der Waals surface area (Å²) in [6.45, 7) is 0.995. The molecule has 70 valence electrons. The molecule has 0 radical (unpaired) electrons. The summed E-state index contributed by atoms with van der Waals surface area (Å²) in [5, 5.41) is 3.25. The summed E-state index contributed by atoms with van der Waals surface area (Å²) in [5.41, 5.74) is -0.292. The molecule has 2 atom stereocenters. The number of rotatable bonds is 1. The van der Waals surface area contributed by atoms with Gasteiger partial charge in [0.05, 0.1) is 7.11 Å². The van der Waals surface area contributed by atoms with Crippen molar-refractivity contribution < 1.29 is 9.53 Å². The highest BCUT2D eigenvalue weighted by Crippen LogP contribution is 2.40. The van der Waals surface area contributed by atoms with E-state index in [4.69, 9.17) is 4.74 Å². The number of hydrogen-bond donors (Lipinski definition) is 1. The van der Waals surface area contributed by atoms with Gasteiger partial charge in [0.25, 0.3) is 0 Å². The van der Waals surface area contributed by atoms with Crippen LogP contribution in [-0.2, 0) is 9.53 Å². The van der Waals surface area contributed by atoms with Crippen LogP contribution in [0.5, 0.6) is 0 Å². The van der Waals surface area contributed by atoms with Crippen molar-refractivity contribution in [1.82, 2.24) is 5.32 Å². The summed E-state index contributed by atoms with van der Waals surface area (Å²) in [6.07, 6.45) is 3.13. The average molecular weight is 192 g/mol. The molecular weight excluding hydrogens is 178 g/mol. The van der Waals surface area contributed by atoms with Gasteiger partial charge in [0, 0.05) is 0 Å². The van der Waals surface area contributed by atoms with Gasteiger partial charge in [-0.15, -0.1) is 12.4 Å². The fourth-order valence-electron chi connectivity index (χ4n) is 2.27. The fraction of sp³-hybridized carbons (Fsp3) is 0.875. The maximum absolute atomic E-state index is 11.3. The molecular formula is C8H14ClNO2. The van der Waals surface area contributed by atoms with Gasteiger partial charge in [-0.05, 0) is 31.7 Å². The number of hydrogen-bond acceptors (Lipinski definition) is 3. The third-order valence-corrected chi connectivity index (χ3v) is 2.92. The van der Waals surface area contributed by atoms with E-state index in [1.54, 1.807) is 0 Å². The maximum atomic E-state index is 11.3. The van der Waals surface area contributed by atoms with Crippen molar-refractivity contribution in [2.45, 2.75) is 24.8 Å². The number of ether oxygens (including phenoxy) is 1. The molecule has 1 saturated carbocycles. The van der Waals surface area contributed by atoms with Gasteiger partial charge in [0.2, 0.25) is 0 Å². The van der Waals surface area contributed by atoms with Crippen LogP contribution < -0.4 is 5.32 Å². The lowest BCUT2D eigenvalue weighted by atomic mass is 10.00. The molecule has 2 bridgehead atoms. The normalized spacial score (nSPS) is 37.6. The van der Waals surface area contributed by atoms with Gasteiger partial charge >= 0.3 is 5.97 Å². The van der Waals surface area contributed by atoms with E-state index in [2.05, 4.69) is 5.32 Å². The second-order valence-electron chi connectivity index (χ2n) is 3.56. The predicted octanol–water partition coefficient (Wildman–Crippen LogP) is 0.723. The Bertz CT molecular complexity index is 187. The van der Waals surface area contributed by atoms with Gasteiger partial charge in [-0.2, -0.15) is 0 Å². The first-order valence-electron chi connectivity index (χ1n) is 4.10. The zero-order chi connectivity index (χ0) is 7.90. The van der Waals surface area contributed by atoms with Crippen LogP contribution >= 0.6 is 12.4 Å². The third kappa shape index (κ3) is 1.21. The Morgan fingerprint density at radius 3 is 2.75 bits per heavy atom. The van der Waals surface area contributed by atoms with E-state index >= 15 is 0 Å². The lowest BCUT2D eigenvalue weighted by Gasteiger charge is -2.23. The van der Waals surface area contributed by atoms with Crippen molar-refractivity contribution in [2.24, 2.45) is 5.92 Å². The van der Waals surface area contributed by atoms with Gasteiger partial charge in [-0.1, -0.05) is 0 Å². The highest BCUT2D eigenvalue weighted by atomic mass is 35.5. The first kappa shape index (κ1) is 9.81. The highest BCUT2D eigenvalue weighted by molar-refractivity contribution is 5.85. The van der Waals surface area contributed by atoms with Crippen LogP contribution in [-0.4, -0.2) is 25.2 Å². The minimum Gasteiger partial charge on any atom is -0.468 e. The molecule has 0 aromatic rings. The summed E-state index contributed by atoms with van der Waals surface area (Å²) in [6, 6.07) is 0. The number of fused-ring (bicyclic) bond motifs is 2. The second kappa shape index (κ2) is 3.23. The number of methoxy groups -OCH3 is 1. The first-order valence-corrected chi connectivity index (χ1v) is 4.10. The minimum absolute atomic E-state index is 0. The van der Waals surface area contributed by atoms with Crippen molar-refractivity contribution >= 4 is 18.4 Å². The molecule has 12 heavy (non-hydrogen) atoms. The maximum Gasteiger partial charge on any atom is 0.326 e. The van der Waals surface area contributed by atoms with Crippen molar-refractivity contribution in [2.75, 3.05) is 13.7 Å². The Labute approximate surface area is 78.3 Å². The smallest absolute Gasteiger partial charge is 0.326 e. The number of halogens is 1. The molecule has 2 aliphatic rings. The lowest BCUT2D eigenvalue weighted by molar-refractivity contribution is -0.147. The van der Waals surface area contributed by atoms with Gasteiger partial charge in [0.15, 0.2) is 0 Å². The zero-order valence-electron chi connectivity index (χ0n) is 7.13. The summed E-state index contributed by atoms with van der Waals surface area (Å²) in [4.78, 5) is 11.3. The predicted molar refractivity (Wildman–Crippen MR) is 47.3 cm³/mol. The molecule has 2 rings (SSSR count). The van der Waals surface area contributed by atoms with Crippen LogP contribution in [0.4, 0.5) is 0 Å². The van der Waals surface area contributed by atoms with Crippen LogP contribution in [0, 0.1) is 5.92 Å².